The molecule has 2 N–H and O–H groups in total. The third kappa shape index (κ3) is 1.47. The van der Waals surface area contributed by atoms with E-state index in [4.69, 9.17) is 5.73 Å². The highest BCUT2D eigenvalue weighted by molar-refractivity contribution is 5.02. The van der Waals surface area contributed by atoms with Gasteiger partial charge >= 0.3 is 0 Å². The van der Waals surface area contributed by atoms with Gasteiger partial charge in [0.1, 0.15) is 0 Å². The van der Waals surface area contributed by atoms with E-state index >= 15 is 0 Å². The molecule has 9 heavy (non-hydrogen) atoms. The molecule has 1 aliphatic carbocycles. The molecule has 0 saturated heterocycles. The highest BCUT2D eigenvalue weighted by Gasteiger charge is 2.15. The molecule has 1 aliphatic rings. The Kier molecular flexibility index (Phi) is 1.79. The lowest BCUT2D eigenvalue weighted by Crippen LogP contribution is -2.16. The van der Waals surface area contributed by atoms with Crippen LogP contribution in [-0.2, 0) is 0 Å². The first-order chi connectivity index (χ1) is 4.20. The summed E-state index contributed by atoms with van der Waals surface area (Å²) in [5, 5.41) is 0. The molecule has 0 aliphatic heterocycles. The standard InChI is InChI=1S/C8H15N/c1-6-3-4-8(9)5-7(6)2/h4,6-7H,3,5,9H2,1-2H3/t6?,7-/m0/s1. The van der Waals surface area contributed by atoms with Crippen molar-refractivity contribution in [2.75, 3.05) is 0 Å². The summed E-state index contributed by atoms with van der Waals surface area (Å²) in [4.78, 5) is 0. The Bertz CT molecular complexity index is 127. The number of hydrogen-bond acceptors (Lipinski definition) is 1. The van der Waals surface area contributed by atoms with Crippen LogP contribution < -0.4 is 5.73 Å². The van der Waals surface area contributed by atoms with Crippen LogP contribution in [0.4, 0.5) is 0 Å². The molecule has 0 aromatic carbocycles. The second-order valence-corrected chi connectivity index (χ2v) is 3.17. The van der Waals surface area contributed by atoms with Gasteiger partial charge in [0.25, 0.3) is 0 Å². The molecule has 0 aromatic rings. The van der Waals surface area contributed by atoms with Crippen LogP contribution in [0.25, 0.3) is 0 Å². The van der Waals surface area contributed by atoms with E-state index in [0.29, 0.717) is 0 Å². The third-order valence-corrected chi connectivity index (χ3v) is 2.28. The monoisotopic (exact) mass is 125 g/mol. The Balaban J connectivity index is 2.54. The van der Waals surface area contributed by atoms with E-state index in [9.17, 15) is 0 Å². The van der Waals surface area contributed by atoms with Crippen molar-refractivity contribution in [1.82, 2.24) is 0 Å². The van der Waals surface area contributed by atoms with Crippen molar-refractivity contribution in [2.45, 2.75) is 26.7 Å². The van der Waals surface area contributed by atoms with Gasteiger partial charge in [0.15, 0.2) is 0 Å². The van der Waals surface area contributed by atoms with Gasteiger partial charge in [0.05, 0.1) is 0 Å². The minimum Gasteiger partial charge on any atom is -0.402 e. The molecule has 0 saturated carbocycles. The second-order valence-electron chi connectivity index (χ2n) is 3.17. The van der Waals surface area contributed by atoms with Gasteiger partial charge in [0, 0.05) is 5.70 Å². The Labute approximate surface area is 56.9 Å². The largest absolute Gasteiger partial charge is 0.402 e. The highest BCUT2D eigenvalue weighted by Crippen LogP contribution is 2.26. The van der Waals surface area contributed by atoms with Crippen LogP contribution >= 0.6 is 0 Å². The summed E-state index contributed by atoms with van der Waals surface area (Å²) in [6, 6.07) is 0. The fourth-order valence-electron chi connectivity index (χ4n) is 1.23. The molecule has 0 amide bonds. The highest BCUT2D eigenvalue weighted by atomic mass is 14.6. The first-order valence-corrected chi connectivity index (χ1v) is 3.64. The van der Waals surface area contributed by atoms with Crippen LogP contribution in [-0.4, -0.2) is 0 Å². The molecule has 1 nitrogen and oxygen atoms in total. The van der Waals surface area contributed by atoms with Gasteiger partial charge in [0.2, 0.25) is 0 Å². The normalized spacial score (nSPS) is 36.0. The summed E-state index contributed by atoms with van der Waals surface area (Å²) in [5.41, 5.74) is 6.73. The summed E-state index contributed by atoms with van der Waals surface area (Å²) in [5.74, 6) is 1.62. The number of rotatable bonds is 0. The lowest BCUT2D eigenvalue weighted by atomic mass is 9.85. The lowest BCUT2D eigenvalue weighted by Gasteiger charge is -2.23. The zero-order valence-corrected chi connectivity index (χ0v) is 6.22. The maximum absolute atomic E-state index is 5.65. The Hall–Kier alpha value is -0.460. The van der Waals surface area contributed by atoms with Gasteiger partial charge in [-0.3, -0.25) is 0 Å². The second kappa shape index (κ2) is 2.42. The van der Waals surface area contributed by atoms with E-state index in [2.05, 4.69) is 19.9 Å². The van der Waals surface area contributed by atoms with Crippen molar-refractivity contribution < 1.29 is 0 Å². The number of allylic oxidation sites excluding steroid dienone is 2. The average Bonchev–Trinajstić information content (AvgIpc) is 1.80. The molecule has 0 aromatic heterocycles. The van der Waals surface area contributed by atoms with E-state index < -0.39 is 0 Å². The first-order valence-electron chi connectivity index (χ1n) is 3.64. The molecular weight excluding hydrogens is 110 g/mol. The van der Waals surface area contributed by atoms with Crippen molar-refractivity contribution >= 4 is 0 Å². The van der Waals surface area contributed by atoms with Crippen molar-refractivity contribution in [3.05, 3.63) is 11.8 Å². The van der Waals surface area contributed by atoms with Crippen molar-refractivity contribution in [2.24, 2.45) is 17.6 Å². The molecule has 0 fully saturated rings. The minimum absolute atomic E-state index is 0.787. The van der Waals surface area contributed by atoms with Crippen LogP contribution in [0.3, 0.4) is 0 Å². The van der Waals surface area contributed by atoms with Gasteiger partial charge in [-0.2, -0.15) is 0 Å². The molecule has 52 valence electrons. The molecule has 0 bridgehead atoms. The quantitative estimate of drug-likeness (QED) is 0.525. The topological polar surface area (TPSA) is 26.0 Å². The van der Waals surface area contributed by atoms with E-state index in [-0.39, 0.29) is 0 Å². The van der Waals surface area contributed by atoms with Gasteiger partial charge in [-0.25, -0.2) is 0 Å². The predicted molar refractivity (Wildman–Crippen MR) is 39.8 cm³/mol. The van der Waals surface area contributed by atoms with E-state index in [1.54, 1.807) is 0 Å². The number of hydrogen-bond donors (Lipinski definition) is 1. The molecule has 1 unspecified atom stereocenters. The Morgan fingerprint density at radius 3 is 2.56 bits per heavy atom. The predicted octanol–water partition coefficient (Wildman–Crippen LogP) is 1.90. The summed E-state index contributed by atoms with van der Waals surface area (Å²) >= 11 is 0. The molecule has 1 rings (SSSR count). The van der Waals surface area contributed by atoms with Crippen LogP contribution in [0, 0.1) is 11.8 Å². The fraction of sp³-hybridized carbons (Fsp3) is 0.750. The molecule has 1 heteroatoms. The van der Waals surface area contributed by atoms with E-state index in [0.717, 1.165) is 24.0 Å². The maximum Gasteiger partial charge on any atom is 0.00428 e. The van der Waals surface area contributed by atoms with Crippen molar-refractivity contribution in [3.63, 3.8) is 0 Å². The minimum atomic E-state index is 0.787. The van der Waals surface area contributed by atoms with Crippen LogP contribution in [0.1, 0.15) is 26.7 Å². The Morgan fingerprint density at radius 1 is 1.44 bits per heavy atom. The molecule has 0 heterocycles. The summed E-state index contributed by atoms with van der Waals surface area (Å²) in [7, 11) is 0. The van der Waals surface area contributed by atoms with Crippen LogP contribution in [0.2, 0.25) is 0 Å². The Morgan fingerprint density at radius 2 is 2.11 bits per heavy atom. The van der Waals surface area contributed by atoms with Crippen molar-refractivity contribution in [1.29, 1.82) is 0 Å². The summed E-state index contributed by atoms with van der Waals surface area (Å²) < 4.78 is 0. The number of nitrogens with two attached hydrogens (primary N) is 1. The average molecular weight is 125 g/mol. The van der Waals surface area contributed by atoms with Gasteiger partial charge in [-0.15, -0.1) is 0 Å². The molecule has 0 spiro atoms. The maximum atomic E-state index is 5.65. The van der Waals surface area contributed by atoms with Crippen LogP contribution in [0.15, 0.2) is 11.8 Å². The smallest absolute Gasteiger partial charge is 0.00428 e. The van der Waals surface area contributed by atoms with Gasteiger partial charge < -0.3 is 5.73 Å². The van der Waals surface area contributed by atoms with Crippen LogP contribution in [0.5, 0.6) is 0 Å². The zero-order valence-electron chi connectivity index (χ0n) is 6.22. The van der Waals surface area contributed by atoms with E-state index in [1.807, 2.05) is 0 Å². The summed E-state index contributed by atoms with van der Waals surface area (Å²) in [6.45, 7) is 4.55. The van der Waals surface area contributed by atoms with E-state index in [1.165, 1.54) is 6.42 Å². The van der Waals surface area contributed by atoms with Gasteiger partial charge in [-0.05, 0) is 24.7 Å². The molecule has 2 atom stereocenters. The first kappa shape index (κ1) is 6.66. The van der Waals surface area contributed by atoms with Gasteiger partial charge in [-0.1, -0.05) is 19.9 Å². The van der Waals surface area contributed by atoms with Crippen molar-refractivity contribution in [3.8, 4) is 0 Å². The fourth-order valence-corrected chi connectivity index (χ4v) is 1.23. The summed E-state index contributed by atoms with van der Waals surface area (Å²) in [6.07, 6.45) is 4.43. The molecule has 0 radical (unpaired) electrons. The SMILES string of the molecule is CC1CC=C(N)C[C@@H]1C. The zero-order chi connectivity index (χ0) is 6.85. The lowest BCUT2D eigenvalue weighted by molar-refractivity contribution is 0.368. The molecular formula is C8H15N. The third-order valence-electron chi connectivity index (χ3n) is 2.28.